The van der Waals surface area contributed by atoms with Gasteiger partial charge in [0.25, 0.3) is 0 Å². The van der Waals surface area contributed by atoms with E-state index in [1.165, 1.54) is 11.3 Å². The number of nitrogen functional groups attached to an aromatic ring is 1. The molecule has 0 amide bonds. The molecule has 0 bridgehead atoms. The van der Waals surface area contributed by atoms with Crippen molar-refractivity contribution in [1.29, 1.82) is 0 Å². The number of nitrogens with two attached hydrogens (primary N) is 1. The van der Waals surface area contributed by atoms with Crippen molar-refractivity contribution in [1.82, 2.24) is 20.0 Å². The van der Waals surface area contributed by atoms with Crippen LogP contribution in [-0.4, -0.2) is 39.8 Å². The monoisotopic (exact) mass is 295 g/mol. The molecule has 0 aromatic carbocycles. The van der Waals surface area contributed by atoms with Crippen LogP contribution in [0.3, 0.4) is 0 Å². The summed E-state index contributed by atoms with van der Waals surface area (Å²) >= 11 is 1.50. The van der Waals surface area contributed by atoms with E-state index in [1.807, 2.05) is 13.1 Å². The van der Waals surface area contributed by atoms with E-state index in [4.69, 9.17) is 15.0 Å². The number of aryl methyl sites for hydroxylation is 1. The summed E-state index contributed by atoms with van der Waals surface area (Å²) in [5, 5.41) is 4.46. The van der Waals surface area contributed by atoms with Gasteiger partial charge in [-0.3, -0.25) is 4.90 Å². The Balaban J connectivity index is 1.79. The first-order valence-electron chi connectivity index (χ1n) is 6.43. The number of likely N-dealkylation sites (tertiary alicyclic amines) is 1. The number of hydrogen-bond acceptors (Lipinski definition) is 8. The molecule has 8 heteroatoms. The highest BCUT2D eigenvalue weighted by Crippen LogP contribution is 2.34. The first-order valence-corrected chi connectivity index (χ1v) is 7.24. The number of nitrogens with zero attached hydrogens (tertiary/aromatic N) is 4. The maximum Gasteiger partial charge on any atom is 0.244 e. The molecule has 1 aliphatic rings. The van der Waals surface area contributed by atoms with Crippen LogP contribution in [0.1, 0.15) is 29.1 Å². The SMILES string of the molecule is CO[C@H]1C[C@H](c2nc(C)no2)N(Cc2cnc(N)s2)C1. The molecule has 0 radical (unpaired) electrons. The molecule has 0 spiro atoms. The van der Waals surface area contributed by atoms with Crippen LogP contribution in [0.15, 0.2) is 10.7 Å². The minimum atomic E-state index is 0.0875. The molecular formula is C12H17N5O2S. The van der Waals surface area contributed by atoms with Crippen molar-refractivity contribution in [2.24, 2.45) is 0 Å². The molecule has 1 fully saturated rings. The van der Waals surface area contributed by atoms with Crippen LogP contribution < -0.4 is 5.73 Å². The Kier molecular flexibility index (Phi) is 3.68. The zero-order valence-electron chi connectivity index (χ0n) is 11.4. The molecule has 2 N–H and O–H groups in total. The van der Waals surface area contributed by atoms with Crippen LogP contribution in [0.2, 0.25) is 0 Å². The van der Waals surface area contributed by atoms with E-state index >= 15 is 0 Å². The Morgan fingerprint density at radius 1 is 1.60 bits per heavy atom. The topological polar surface area (TPSA) is 90.3 Å². The van der Waals surface area contributed by atoms with Crippen molar-refractivity contribution in [3.8, 4) is 0 Å². The van der Waals surface area contributed by atoms with E-state index in [0.29, 0.717) is 16.8 Å². The van der Waals surface area contributed by atoms with E-state index in [-0.39, 0.29) is 12.1 Å². The summed E-state index contributed by atoms with van der Waals surface area (Å²) in [6, 6.07) is 0.0875. The number of methoxy groups -OCH3 is 1. The fourth-order valence-electron chi connectivity index (χ4n) is 2.51. The third-order valence-electron chi connectivity index (χ3n) is 3.46. The minimum absolute atomic E-state index is 0.0875. The zero-order chi connectivity index (χ0) is 14.1. The van der Waals surface area contributed by atoms with Gasteiger partial charge in [0.05, 0.1) is 12.1 Å². The normalized spacial score (nSPS) is 23.5. The Labute approximate surface area is 120 Å². The van der Waals surface area contributed by atoms with Crippen LogP contribution >= 0.6 is 11.3 Å². The van der Waals surface area contributed by atoms with Crippen molar-refractivity contribution in [3.63, 3.8) is 0 Å². The molecule has 0 aliphatic carbocycles. The standard InChI is InChI=1S/C12H17N5O2S/c1-7-15-11(19-16-7)10-3-8(18-2)5-17(10)6-9-4-14-12(13)20-9/h4,8,10H,3,5-6H2,1-2H3,(H2,13,14)/t8-,10+/m0/s1. The van der Waals surface area contributed by atoms with E-state index in [0.717, 1.165) is 24.4 Å². The molecule has 1 aliphatic heterocycles. The Morgan fingerprint density at radius 2 is 2.45 bits per heavy atom. The van der Waals surface area contributed by atoms with Crippen LogP contribution in [0.5, 0.6) is 0 Å². The second-order valence-corrected chi connectivity index (χ2v) is 6.03. The molecule has 108 valence electrons. The van der Waals surface area contributed by atoms with Crippen LogP contribution in [0.25, 0.3) is 0 Å². The number of anilines is 1. The quantitative estimate of drug-likeness (QED) is 0.911. The van der Waals surface area contributed by atoms with Crippen molar-refractivity contribution in [3.05, 3.63) is 22.8 Å². The summed E-state index contributed by atoms with van der Waals surface area (Å²) < 4.78 is 10.8. The summed E-state index contributed by atoms with van der Waals surface area (Å²) in [7, 11) is 1.73. The lowest BCUT2D eigenvalue weighted by Crippen LogP contribution is -2.24. The Bertz CT molecular complexity index is 584. The average Bonchev–Trinajstić information content (AvgIpc) is 3.11. The molecule has 2 aromatic heterocycles. The van der Waals surface area contributed by atoms with E-state index in [9.17, 15) is 0 Å². The van der Waals surface area contributed by atoms with Gasteiger partial charge in [0.15, 0.2) is 11.0 Å². The van der Waals surface area contributed by atoms with E-state index in [2.05, 4.69) is 20.0 Å². The van der Waals surface area contributed by atoms with Gasteiger partial charge in [0.1, 0.15) is 0 Å². The second kappa shape index (κ2) is 5.47. The highest BCUT2D eigenvalue weighted by atomic mass is 32.1. The molecule has 0 unspecified atom stereocenters. The van der Waals surface area contributed by atoms with Gasteiger partial charge in [-0.25, -0.2) is 4.98 Å². The Hall–Kier alpha value is -1.51. The first-order chi connectivity index (χ1) is 9.65. The predicted octanol–water partition coefficient (Wildman–Crippen LogP) is 1.38. The van der Waals surface area contributed by atoms with Crippen LogP contribution in [-0.2, 0) is 11.3 Å². The van der Waals surface area contributed by atoms with Crippen LogP contribution in [0, 0.1) is 6.92 Å². The summed E-state index contributed by atoms with van der Waals surface area (Å²) in [5.74, 6) is 1.31. The van der Waals surface area contributed by atoms with Crippen molar-refractivity contribution in [2.75, 3.05) is 19.4 Å². The van der Waals surface area contributed by atoms with Crippen molar-refractivity contribution in [2.45, 2.75) is 32.0 Å². The molecule has 3 rings (SSSR count). The molecule has 20 heavy (non-hydrogen) atoms. The number of ether oxygens (including phenoxy) is 1. The smallest absolute Gasteiger partial charge is 0.244 e. The third-order valence-corrected chi connectivity index (χ3v) is 4.27. The highest BCUT2D eigenvalue weighted by molar-refractivity contribution is 7.15. The van der Waals surface area contributed by atoms with Crippen LogP contribution in [0.4, 0.5) is 5.13 Å². The van der Waals surface area contributed by atoms with E-state index in [1.54, 1.807) is 7.11 Å². The fraction of sp³-hybridized carbons (Fsp3) is 0.583. The summed E-state index contributed by atoms with van der Waals surface area (Å²) in [6.07, 6.45) is 2.85. The average molecular weight is 295 g/mol. The van der Waals surface area contributed by atoms with Gasteiger partial charge >= 0.3 is 0 Å². The first kappa shape index (κ1) is 13.5. The number of aromatic nitrogens is 3. The fourth-order valence-corrected chi connectivity index (χ4v) is 3.22. The molecule has 2 atom stereocenters. The molecule has 3 heterocycles. The lowest BCUT2D eigenvalue weighted by molar-refractivity contribution is 0.107. The molecular weight excluding hydrogens is 278 g/mol. The number of rotatable bonds is 4. The van der Waals surface area contributed by atoms with Gasteiger partial charge in [-0.05, 0) is 13.3 Å². The van der Waals surface area contributed by atoms with Gasteiger partial charge in [0.2, 0.25) is 5.89 Å². The molecule has 0 saturated carbocycles. The molecule has 7 nitrogen and oxygen atoms in total. The second-order valence-electron chi connectivity index (χ2n) is 4.88. The highest BCUT2D eigenvalue weighted by Gasteiger charge is 2.36. The van der Waals surface area contributed by atoms with Crippen molar-refractivity contribution >= 4 is 16.5 Å². The maximum absolute atomic E-state index is 5.68. The summed E-state index contributed by atoms with van der Waals surface area (Å²) in [5.41, 5.74) is 5.68. The van der Waals surface area contributed by atoms with Gasteiger partial charge < -0.3 is 15.0 Å². The summed E-state index contributed by atoms with van der Waals surface area (Å²) in [6.45, 7) is 3.42. The lowest BCUT2D eigenvalue weighted by Gasteiger charge is -2.19. The third kappa shape index (κ3) is 2.67. The van der Waals surface area contributed by atoms with Crippen molar-refractivity contribution < 1.29 is 9.26 Å². The zero-order valence-corrected chi connectivity index (χ0v) is 12.3. The van der Waals surface area contributed by atoms with Gasteiger partial charge in [-0.2, -0.15) is 4.98 Å². The number of thiazole rings is 1. The van der Waals surface area contributed by atoms with E-state index < -0.39 is 0 Å². The van der Waals surface area contributed by atoms with Gasteiger partial charge in [-0.1, -0.05) is 5.16 Å². The summed E-state index contributed by atoms with van der Waals surface area (Å²) in [4.78, 5) is 11.8. The maximum atomic E-state index is 5.68. The number of hydrogen-bond donors (Lipinski definition) is 1. The van der Waals surface area contributed by atoms with Gasteiger partial charge in [-0.15, -0.1) is 11.3 Å². The Morgan fingerprint density at radius 3 is 3.05 bits per heavy atom. The van der Waals surface area contributed by atoms with Gasteiger partial charge in [0, 0.05) is 31.3 Å². The molecule has 1 saturated heterocycles. The minimum Gasteiger partial charge on any atom is -0.380 e. The molecule has 2 aromatic rings. The largest absolute Gasteiger partial charge is 0.380 e. The predicted molar refractivity (Wildman–Crippen MR) is 74.1 cm³/mol. The lowest BCUT2D eigenvalue weighted by atomic mass is 10.2.